The highest BCUT2D eigenvalue weighted by Gasteiger charge is 2.08. The predicted octanol–water partition coefficient (Wildman–Crippen LogP) is 0.659. The molecule has 0 fully saturated rings. The molecule has 0 aliphatic rings. The number of benzene rings is 1. The summed E-state index contributed by atoms with van der Waals surface area (Å²) in [6, 6.07) is 4.60. The van der Waals surface area contributed by atoms with Crippen LogP contribution in [0.5, 0.6) is 0 Å². The molecule has 0 heterocycles. The first kappa shape index (κ1) is 13.4. The van der Waals surface area contributed by atoms with Gasteiger partial charge >= 0.3 is 6.03 Å². The third-order valence-electron chi connectivity index (χ3n) is 1.79. The van der Waals surface area contributed by atoms with Crippen molar-refractivity contribution in [2.45, 2.75) is 4.90 Å². The van der Waals surface area contributed by atoms with Crippen molar-refractivity contribution in [3.05, 3.63) is 24.3 Å². The van der Waals surface area contributed by atoms with Crippen LogP contribution in [0, 0.1) is 0 Å². The predicted molar refractivity (Wildman–Crippen MR) is 60.3 cm³/mol. The fourth-order valence-corrected chi connectivity index (χ4v) is 1.50. The van der Waals surface area contributed by atoms with Gasteiger partial charge in [-0.3, -0.25) is 4.55 Å². The summed E-state index contributed by atoms with van der Waals surface area (Å²) < 4.78 is 34.9. The lowest BCUT2D eigenvalue weighted by Crippen LogP contribution is -2.30. The van der Waals surface area contributed by atoms with E-state index in [2.05, 4.69) is 15.4 Å². The highest BCUT2D eigenvalue weighted by atomic mass is 32.2. The SMILES string of the molecule is COCNC(=O)Nc1ccc(S(=O)(=O)O)cc1. The van der Waals surface area contributed by atoms with E-state index in [1.54, 1.807) is 0 Å². The summed E-state index contributed by atoms with van der Waals surface area (Å²) in [6.07, 6.45) is 0. The summed E-state index contributed by atoms with van der Waals surface area (Å²) >= 11 is 0. The van der Waals surface area contributed by atoms with Crippen molar-refractivity contribution in [3.8, 4) is 0 Å². The van der Waals surface area contributed by atoms with Crippen LogP contribution in [0.2, 0.25) is 0 Å². The molecule has 7 nitrogen and oxygen atoms in total. The average Bonchev–Trinajstić information content (AvgIpc) is 2.26. The molecule has 3 N–H and O–H groups in total. The van der Waals surface area contributed by atoms with Gasteiger partial charge in [-0.05, 0) is 24.3 Å². The number of nitrogens with one attached hydrogen (secondary N) is 2. The standard InChI is InChI=1S/C9H12N2O5S/c1-16-6-10-9(12)11-7-2-4-8(5-3-7)17(13,14)15/h2-5H,6H2,1H3,(H2,10,11,12)(H,13,14,15). The molecule has 0 aromatic heterocycles. The molecule has 0 atom stereocenters. The second-order valence-corrected chi connectivity index (χ2v) is 4.48. The van der Waals surface area contributed by atoms with Gasteiger partial charge in [-0.25, -0.2) is 4.79 Å². The lowest BCUT2D eigenvalue weighted by molar-refractivity contribution is 0.177. The number of anilines is 1. The van der Waals surface area contributed by atoms with E-state index < -0.39 is 16.1 Å². The Hall–Kier alpha value is -1.64. The highest BCUT2D eigenvalue weighted by Crippen LogP contribution is 2.13. The molecule has 17 heavy (non-hydrogen) atoms. The zero-order valence-corrected chi connectivity index (χ0v) is 9.82. The van der Waals surface area contributed by atoms with Gasteiger partial charge in [0.25, 0.3) is 10.1 Å². The third kappa shape index (κ3) is 4.39. The topological polar surface area (TPSA) is 105 Å². The second kappa shape index (κ2) is 5.62. The van der Waals surface area contributed by atoms with E-state index in [9.17, 15) is 13.2 Å². The number of methoxy groups -OCH3 is 1. The molecular weight excluding hydrogens is 248 g/mol. The smallest absolute Gasteiger partial charge is 0.321 e. The normalized spacial score (nSPS) is 10.9. The van der Waals surface area contributed by atoms with Crippen LogP contribution < -0.4 is 10.6 Å². The Balaban J connectivity index is 2.66. The lowest BCUT2D eigenvalue weighted by atomic mass is 10.3. The summed E-state index contributed by atoms with van der Waals surface area (Å²) in [5, 5.41) is 4.83. The number of ether oxygens (including phenoxy) is 1. The van der Waals surface area contributed by atoms with Crippen molar-refractivity contribution in [2.24, 2.45) is 0 Å². The largest absolute Gasteiger partial charge is 0.364 e. The molecule has 8 heteroatoms. The molecule has 0 saturated heterocycles. The van der Waals surface area contributed by atoms with E-state index in [4.69, 9.17) is 4.55 Å². The van der Waals surface area contributed by atoms with Crippen LogP contribution in [0.4, 0.5) is 10.5 Å². The van der Waals surface area contributed by atoms with Gasteiger partial charge in [-0.2, -0.15) is 8.42 Å². The highest BCUT2D eigenvalue weighted by molar-refractivity contribution is 7.85. The Kier molecular flexibility index (Phi) is 4.44. The zero-order chi connectivity index (χ0) is 12.9. The van der Waals surface area contributed by atoms with Gasteiger partial charge in [0.15, 0.2) is 0 Å². The Bertz CT molecular complexity index is 483. The molecular formula is C9H12N2O5S. The van der Waals surface area contributed by atoms with Gasteiger partial charge < -0.3 is 15.4 Å². The first-order valence-corrected chi connectivity index (χ1v) is 5.99. The Morgan fingerprint density at radius 3 is 2.41 bits per heavy atom. The quantitative estimate of drug-likeness (QED) is 0.545. The van der Waals surface area contributed by atoms with Gasteiger partial charge in [0.1, 0.15) is 6.73 Å². The van der Waals surface area contributed by atoms with E-state index in [1.807, 2.05) is 0 Å². The summed E-state index contributed by atoms with van der Waals surface area (Å²) in [7, 11) is -2.78. The fourth-order valence-electron chi connectivity index (χ4n) is 1.02. The zero-order valence-electron chi connectivity index (χ0n) is 9.00. The minimum absolute atomic E-state index is 0.0644. The molecule has 1 aromatic carbocycles. The van der Waals surface area contributed by atoms with E-state index in [1.165, 1.54) is 31.4 Å². The molecule has 0 aliphatic carbocycles. The molecule has 0 aliphatic heterocycles. The van der Waals surface area contributed by atoms with Gasteiger partial charge in [-0.15, -0.1) is 0 Å². The number of carbonyl (C=O) groups excluding carboxylic acids is 1. The fraction of sp³-hybridized carbons (Fsp3) is 0.222. The summed E-state index contributed by atoms with van der Waals surface area (Å²) in [5.74, 6) is 0. The van der Waals surface area contributed by atoms with Gasteiger partial charge in [-0.1, -0.05) is 0 Å². The minimum atomic E-state index is -4.21. The number of rotatable bonds is 4. The summed E-state index contributed by atoms with van der Waals surface area (Å²) in [5.41, 5.74) is 0.394. The summed E-state index contributed by atoms with van der Waals surface area (Å²) in [4.78, 5) is 10.9. The van der Waals surface area contributed by atoms with Crippen molar-refractivity contribution >= 4 is 21.8 Å². The molecule has 0 spiro atoms. The van der Waals surface area contributed by atoms with E-state index in [0.717, 1.165) is 0 Å². The van der Waals surface area contributed by atoms with E-state index >= 15 is 0 Å². The Labute approximate surface area is 98.5 Å². The van der Waals surface area contributed by atoms with Gasteiger partial charge in [0, 0.05) is 12.8 Å². The number of hydrogen-bond acceptors (Lipinski definition) is 4. The minimum Gasteiger partial charge on any atom is -0.364 e. The first-order chi connectivity index (χ1) is 7.93. The number of hydrogen-bond donors (Lipinski definition) is 3. The Morgan fingerprint density at radius 2 is 1.94 bits per heavy atom. The molecule has 0 bridgehead atoms. The maximum atomic E-state index is 11.2. The van der Waals surface area contributed by atoms with Crippen molar-refractivity contribution in [3.63, 3.8) is 0 Å². The molecule has 94 valence electrons. The molecule has 1 rings (SSSR count). The average molecular weight is 260 g/mol. The van der Waals surface area contributed by atoms with Crippen molar-refractivity contribution < 1.29 is 22.5 Å². The van der Waals surface area contributed by atoms with Gasteiger partial charge in [0.2, 0.25) is 0 Å². The molecule has 0 radical (unpaired) electrons. The van der Waals surface area contributed by atoms with Crippen LogP contribution in [0.25, 0.3) is 0 Å². The van der Waals surface area contributed by atoms with Crippen molar-refractivity contribution in [1.29, 1.82) is 0 Å². The van der Waals surface area contributed by atoms with E-state index in [-0.39, 0.29) is 11.6 Å². The maximum absolute atomic E-state index is 11.2. The van der Waals surface area contributed by atoms with Crippen LogP contribution >= 0.6 is 0 Å². The molecule has 2 amide bonds. The first-order valence-electron chi connectivity index (χ1n) is 4.55. The van der Waals surface area contributed by atoms with E-state index in [0.29, 0.717) is 5.69 Å². The maximum Gasteiger partial charge on any atom is 0.321 e. The van der Waals surface area contributed by atoms with Crippen molar-refractivity contribution in [2.75, 3.05) is 19.2 Å². The Morgan fingerprint density at radius 1 is 1.35 bits per heavy atom. The van der Waals surface area contributed by atoms with Crippen LogP contribution in [0.1, 0.15) is 0 Å². The number of urea groups is 1. The van der Waals surface area contributed by atoms with Crippen LogP contribution in [-0.4, -0.2) is 32.8 Å². The second-order valence-electron chi connectivity index (χ2n) is 3.06. The third-order valence-corrected chi connectivity index (χ3v) is 2.65. The molecule has 0 saturated carbocycles. The summed E-state index contributed by atoms with van der Waals surface area (Å²) in [6.45, 7) is 0.0644. The van der Waals surface area contributed by atoms with Crippen LogP contribution in [0.3, 0.4) is 0 Å². The van der Waals surface area contributed by atoms with Crippen LogP contribution in [0.15, 0.2) is 29.2 Å². The lowest BCUT2D eigenvalue weighted by Gasteiger charge is -2.06. The monoisotopic (exact) mass is 260 g/mol. The number of amides is 2. The van der Waals surface area contributed by atoms with Crippen LogP contribution in [-0.2, 0) is 14.9 Å². The molecule has 0 unspecified atom stereocenters. The number of carbonyl (C=O) groups is 1. The van der Waals surface area contributed by atoms with Crippen molar-refractivity contribution in [1.82, 2.24) is 5.32 Å². The van der Waals surface area contributed by atoms with Gasteiger partial charge in [0.05, 0.1) is 4.90 Å². The molecule has 1 aromatic rings.